The second-order valence-corrected chi connectivity index (χ2v) is 6.14. The van der Waals surface area contributed by atoms with Crippen LogP contribution < -0.4 is 0 Å². The van der Waals surface area contributed by atoms with Gasteiger partial charge in [0.1, 0.15) is 4.32 Å². The van der Waals surface area contributed by atoms with Gasteiger partial charge < -0.3 is 14.7 Å². The van der Waals surface area contributed by atoms with Crippen molar-refractivity contribution in [3.63, 3.8) is 0 Å². The fraction of sp³-hybridized carbons (Fsp3) is 0.583. The molecule has 1 N–H and O–H groups in total. The summed E-state index contributed by atoms with van der Waals surface area (Å²) in [5.74, 6) is -0.990. The van der Waals surface area contributed by atoms with Crippen molar-refractivity contribution >= 4 is 40.2 Å². The van der Waals surface area contributed by atoms with Crippen LogP contribution in [-0.4, -0.2) is 64.0 Å². The quantitative estimate of drug-likeness (QED) is 0.596. The van der Waals surface area contributed by atoms with E-state index in [9.17, 15) is 9.59 Å². The van der Waals surface area contributed by atoms with Crippen molar-refractivity contribution in [3.8, 4) is 0 Å². The van der Waals surface area contributed by atoms with E-state index in [2.05, 4.69) is 0 Å². The maximum Gasteiger partial charge on any atom is 0.303 e. The Morgan fingerprint density at radius 2 is 2.15 bits per heavy atom. The number of thiocarbonyl (C=S) groups is 1. The Kier molecular flexibility index (Phi) is 5.38. The van der Waals surface area contributed by atoms with Gasteiger partial charge in [-0.3, -0.25) is 14.5 Å². The highest BCUT2D eigenvalue weighted by Gasteiger charge is 2.32. The minimum absolute atomic E-state index is 0.0412. The molecule has 0 unspecified atom stereocenters. The van der Waals surface area contributed by atoms with Crippen LogP contribution in [0.5, 0.6) is 0 Å². The standard InChI is InChI=1S/C12H16N2O4S2/c15-10(16)2-1-3-14-11(17)9(20-12(14)19)8-13-4-6-18-7-5-13/h8H,1-7H2,(H,15,16)/b9-8+. The van der Waals surface area contributed by atoms with Gasteiger partial charge in [-0.15, -0.1) is 0 Å². The van der Waals surface area contributed by atoms with Gasteiger partial charge in [0, 0.05) is 32.3 Å². The number of aliphatic carboxylic acids is 1. The van der Waals surface area contributed by atoms with Crippen molar-refractivity contribution in [3.05, 3.63) is 11.1 Å². The largest absolute Gasteiger partial charge is 0.481 e. The van der Waals surface area contributed by atoms with E-state index in [1.807, 2.05) is 11.1 Å². The highest BCUT2D eigenvalue weighted by molar-refractivity contribution is 8.26. The lowest BCUT2D eigenvalue weighted by Crippen LogP contribution is -2.33. The number of ether oxygens (including phenoxy) is 1. The predicted octanol–water partition coefficient (Wildman–Crippen LogP) is 0.885. The molecule has 0 atom stereocenters. The van der Waals surface area contributed by atoms with Crippen LogP contribution in [0.1, 0.15) is 12.8 Å². The van der Waals surface area contributed by atoms with E-state index in [1.165, 1.54) is 16.7 Å². The molecule has 6 nitrogen and oxygen atoms in total. The lowest BCUT2D eigenvalue weighted by atomic mass is 10.3. The number of carbonyl (C=O) groups excluding carboxylic acids is 1. The van der Waals surface area contributed by atoms with Gasteiger partial charge in [-0.1, -0.05) is 24.0 Å². The molecule has 0 aliphatic carbocycles. The second kappa shape index (κ2) is 7.05. The molecule has 2 aliphatic rings. The third-order valence-corrected chi connectivity index (χ3v) is 4.36. The number of amides is 1. The summed E-state index contributed by atoms with van der Waals surface area (Å²) in [4.78, 5) is 26.8. The molecule has 2 saturated heterocycles. The van der Waals surface area contributed by atoms with Crippen molar-refractivity contribution in [2.45, 2.75) is 12.8 Å². The number of nitrogens with zero attached hydrogens (tertiary/aromatic N) is 2. The molecule has 2 fully saturated rings. The molecule has 0 radical (unpaired) electrons. The highest BCUT2D eigenvalue weighted by Crippen LogP contribution is 2.31. The highest BCUT2D eigenvalue weighted by atomic mass is 32.2. The Bertz CT molecular complexity index is 447. The number of carboxylic acid groups (broad SMARTS) is 1. The zero-order chi connectivity index (χ0) is 14.5. The molecule has 2 rings (SSSR count). The van der Waals surface area contributed by atoms with Crippen LogP contribution in [0.15, 0.2) is 11.1 Å². The Balaban J connectivity index is 1.93. The van der Waals surface area contributed by atoms with Crippen LogP contribution >= 0.6 is 24.0 Å². The van der Waals surface area contributed by atoms with Gasteiger partial charge in [-0.25, -0.2) is 0 Å². The van der Waals surface area contributed by atoms with E-state index in [0.717, 1.165) is 13.1 Å². The van der Waals surface area contributed by atoms with Gasteiger partial charge in [0.25, 0.3) is 5.91 Å². The average Bonchev–Trinajstić information content (AvgIpc) is 2.67. The summed E-state index contributed by atoms with van der Waals surface area (Å²) in [5, 5.41) is 8.62. The first-order valence-electron chi connectivity index (χ1n) is 6.37. The molecule has 0 aromatic rings. The molecule has 0 spiro atoms. The lowest BCUT2D eigenvalue weighted by Gasteiger charge is -2.25. The van der Waals surface area contributed by atoms with E-state index < -0.39 is 5.97 Å². The van der Waals surface area contributed by atoms with Gasteiger partial charge in [-0.2, -0.15) is 0 Å². The molecule has 0 saturated carbocycles. The summed E-state index contributed by atoms with van der Waals surface area (Å²) in [6.45, 7) is 3.22. The van der Waals surface area contributed by atoms with Gasteiger partial charge in [0.05, 0.1) is 18.1 Å². The molecule has 110 valence electrons. The smallest absolute Gasteiger partial charge is 0.303 e. The normalized spacial score (nSPS) is 21.9. The Morgan fingerprint density at radius 3 is 2.80 bits per heavy atom. The predicted molar refractivity (Wildman–Crippen MR) is 79.2 cm³/mol. The molecule has 0 aromatic heterocycles. The van der Waals surface area contributed by atoms with Crippen molar-refractivity contribution in [1.29, 1.82) is 0 Å². The van der Waals surface area contributed by atoms with Crippen LogP contribution in [0.4, 0.5) is 0 Å². The molecule has 0 aromatic carbocycles. The van der Waals surface area contributed by atoms with Crippen LogP contribution in [0.2, 0.25) is 0 Å². The maximum absolute atomic E-state index is 12.2. The first kappa shape index (κ1) is 15.3. The van der Waals surface area contributed by atoms with E-state index in [4.69, 9.17) is 22.1 Å². The number of rotatable bonds is 5. The summed E-state index contributed by atoms with van der Waals surface area (Å²) in [5.41, 5.74) is 0. The lowest BCUT2D eigenvalue weighted by molar-refractivity contribution is -0.137. The van der Waals surface area contributed by atoms with E-state index >= 15 is 0 Å². The van der Waals surface area contributed by atoms with Gasteiger partial charge >= 0.3 is 5.97 Å². The Hall–Kier alpha value is -1.12. The number of hydrogen-bond acceptors (Lipinski definition) is 6. The third-order valence-electron chi connectivity index (χ3n) is 2.99. The van der Waals surface area contributed by atoms with E-state index in [0.29, 0.717) is 35.4 Å². The summed E-state index contributed by atoms with van der Waals surface area (Å²) < 4.78 is 5.75. The monoisotopic (exact) mass is 316 g/mol. The van der Waals surface area contributed by atoms with E-state index in [1.54, 1.807) is 0 Å². The summed E-state index contributed by atoms with van der Waals surface area (Å²) in [6, 6.07) is 0. The van der Waals surface area contributed by atoms with Crippen molar-refractivity contribution in [2.75, 3.05) is 32.8 Å². The SMILES string of the molecule is O=C(O)CCCN1C(=O)/C(=C\N2CCOCC2)SC1=S. The Labute approximate surface area is 126 Å². The minimum atomic E-state index is -0.862. The average molecular weight is 316 g/mol. The summed E-state index contributed by atoms with van der Waals surface area (Å²) in [7, 11) is 0. The van der Waals surface area contributed by atoms with Gasteiger partial charge in [-0.05, 0) is 6.42 Å². The number of thioether (sulfide) groups is 1. The summed E-state index contributed by atoms with van der Waals surface area (Å²) in [6.07, 6.45) is 2.28. The molecule has 2 aliphatic heterocycles. The van der Waals surface area contributed by atoms with Crippen LogP contribution in [0.3, 0.4) is 0 Å². The Morgan fingerprint density at radius 1 is 1.45 bits per heavy atom. The second-order valence-electron chi connectivity index (χ2n) is 4.46. The fourth-order valence-electron chi connectivity index (χ4n) is 1.94. The van der Waals surface area contributed by atoms with E-state index in [-0.39, 0.29) is 12.3 Å². The van der Waals surface area contributed by atoms with Crippen LogP contribution in [0.25, 0.3) is 0 Å². The molecule has 1 amide bonds. The molecule has 20 heavy (non-hydrogen) atoms. The van der Waals surface area contributed by atoms with Crippen molar-refractivity contribution < 1.29 is 19.4 Å². The first-order valence-corrected chi connectivity index (χ1v) is 7.59. The third kappa shape index (κ3) is 3.94. The maximum atomic E-state index is 12.2. The zero-order valence-electron chi connectivity index (χ0n) is 10.9. The molecule has 8 heteroatoms. The molecular weight excluding hydrogens is 300 g/mol. The zero-order valence-corrected chi connectivity index (χ0v) is 12.5. The van der Waals surface area contributed by atoms with Crippen molar-refractivity contribution in [1.82, 2.24) is 9.80 Å². The number of carboxylic acids is 1. The number of hydrogen-bond donors (Lipinski definition) is 1. The molecular formula is C12H16N2O4S2. The fourth-order valence-corrected chi connectivity index (χ4v) is 3.26. The van der Waals surface area contributed by atoms with Crippen LogP contribution in [0, 0.1) is 0 Å². The van der Waals surface area contributed by atoms with Gasteiger partial charge in [0.15, 0.2) is 0 Å². The topological polar surface area (TPSA) is 70.1 Å². The van der Waals surface area contributed by atoms with Crippen LogP contribution in [-0.2, 0) is 14.3 Å². The minimum Gasteiger partial charge on any atom is -0.481 e. The first-order chi connectivity index (χ1) is 9.58. The molecule has 0 bridgehead atoms. The molecule has 2 heterocycles. The number of morpholine rings is 1. The van der Waals surface area contributed by atoms with Crippen molar-refractivity contribution in [2.24, 2.45) is 0 Å². The summed E-state index contributed by atoms with van der Waals surface area (Å²) >= 11 is 6.45. The van der Waals surface area contributed by atoms with Gasteiger partial charge in [0.2, 0.25) is 0 Å². The number of carbonyl (C=O) groups is 2.